The van der Waals surface area contributed by atoms with E-state index in [4.69, 9.17) is 5.73 Å². The van der Waals surface area contributed by atoms with E-state index in [0.29, 0.717) is 11.3 Å². The summed E-state index contributed by atoms with van der Waals surface area (Å²) in [5.41, 5.74) is 8.48. The molecule has 0 radical (unpaired) electrons. The average Bonchev–Trinajstić information content (AvgIpc) is 2.85. The number of hydrogen-bond acceptors (Lipinski definition) is 4. The second-order valence-corrected chi connectivity index (χ2v) is 5.03. The number of benzene rings is 2. The molecule has 0 unspecified atom stereocenters. The lowest BCUT2D eigenvalue weighted by atomic mass is 10.1. The van der Waals surface area contributed by atoms with Crippen LogP contribution in [0, 0.1) is 15.9 Å². The van der Waals surface area contributed by atoms with Gasteiger partial charge in [0.05, 0.1) is 16.3 Å². The third-order valence-electron chi connectivity index (χ3n) is 3.73. The van der Waals surface area contributed by atoms with Gasteiger partial charge in [-0.3, -0.25) is 10.1 Å². The SMILES string of the molecule is Nc1cccc2c1N(Cc1cccc([N+](=O)[O-])c1F)CC2. The molecule has 1 aliphatic heterocycles. The second-order valence-electron chi connectivity index (χ2n) is 5.03. The van der Waals surface area contributed by atoms with Crippen LogP contribution in [0.2, 0.25) is 0 Å². The van der Waals surface area contributed by atoms with Crippen LogP contribution in [0.3, 0.4) is 0 Å². The number of nitro benzene ring substituents is 1. The van der Waals surface area contributed by atoms with Gasteiger partial charge in [0.2, 0.25) is 5.82 Å². The minimum atomic E-state index is -0.773. The fourth-order valence-corrected chi connectivity index (χ4v) is 2.76. The van der Waals surface area contributed by atoms with E-state index in [9.17, 15) is 14.5 Å². The first-order valence-electron chi connectivity index (χ1n) is 6.62. The van der Waals surface area contributed by atoms with Crippen LogP contribution in [-0.4, -0.2) is 11.5 Å². The molecule has 0 fully saturated rings. The third kappa shape index (κ3) is 2.29. The number of rotatable bonds is 3. The van der Waals surface area contributed by atoms with Crippen molar-refractivity contribution in [1.82, 2.24) is 0 Å². The van der Waals surface area contributed by atoms with Gasteiger partial charge in [-0.1, -0.05) is 24.3 Å². The van der Waals surface area contributed by atoms with Gasteiger partial charge in [0.1, 0.15) is 0 Å². The van der Waals surface area contributed by atoms with Crippen molar-refractivity contribution in [3.63, 3.8) is 0 Å². The standard InChI is InChI=1S/C15H14FN3O2/c16-14-11(4-2-6-13(14)19(20)21)9-18-8-7-10-3-1-5-12(17)15(10)18/h1-6H,7-9,17H2. The maximum atomic E-state index is 14.2. The van der Waals surface area contributed by atoms with Gasteiger partial charge in [-0.25, -0.2) is 0 Å². The summed E-state index contributed by atoms with van der Waals surface area (Å²) < 4.78 is 14.2. The van der Waals surface area contributed by atoms with Crippen LogP contribution in [0.5, 0.6) is 0 Å². The Morgan fingerprint density at radius 1 is 1.29 bits per heavy atom. The van der Waals surface area contributed by atoms with E-state index < -0.39 is 16.4 Å². The smallest absolute Gasteiger partial charge is 0.305 e. The number of nitrogens with two attached hydrogens (primary N) is 1. The minimum Gasteiger partial charge on any atom is -0.397 e. The van der Waals surface area contributed by atoms with Crippen molar-refractivity contribution in [3.8, 4) is 0 Å². The molecular weight excluding hydrogens is 273 g/mol. The first-order chi connectivity index (χ1) is 10.1. The number of fused-ring (bicyclic) bond motifs is 1. The van der Waals surface area contributed by atoms with Gasteiger partial charge in [0.25, 0.3) is 0 Å². The molecule has 1 aliphatic rings. The van der Waals surface area contributed by atoms with E-state index in [0.717, 1.165) is 24.2 Å². The summed E-state index contributed by atoms with van der Waals surface area (Å²) in [7, 11) is 0. The molecule has 108 valence electrons. The zero-order valence-electron chi connectivity index (χ0n) is 11.3. The van der Waals surface area contributed by atoms with E-state index in [1.807, 2.05) is 17.0 Å². The predicted octanol–water partition coefficient (Wildman–Crippen LogP) is 2.88. The first-order valence-corrected chi connectivity index (χ1v) is 6.62. The van der Waals surface area contributed by atoms with Crippen molar-refractivity contribution >= 4 is 17.1 Å². The number of para-hydroxylation sites is 1. The van der Waals surface area contributed by atoms with Gasteiger partial charge in [-0.05, 0) is 18.1 Å². The fraction of sp³-hybridized carbons (Fsp3) is 0.200. The molecule has 2 aromatic rings. The van der Waals surface area contributed by atoms with Gasteiger partial charge in [-0.15, -0.1) is 0 Å². The highest BCUT2D eigenvalue weighted by Crippen LogP contribution is 2.35. The fourth-order valence-electron chi connectivity index (χ4n) is 2.76. The van der Waals surface area contributed by atoms with E-state index in [1.165, 1.54) is 12.1 Å². The van der Waals surface area contributed by atoms with Crippen LogP contribution >= 0.6 is 0 Å². The van der Waals surface area contributed by atoms with E-state index in [1.54, 1.807) is 12.1 Å². The van der Waals surface area contributed by atoms with Crippen molar-refractivity contribution in [3.05, 3.63) is 63.5 Å². The summed E-state index contributed by atoms with van der Waals surface area (Å²) in [6.07, 6.45) is 0.844. The molecule has 0 amide bonds. The Morgan fingerprint density at radius 3 is 2.81 bits per heavy atom. The number of halogens is 1. The molecule has 0 saturated heterocycles. The van der Waals surface area contributed by atoms with Crippen LogP contribution in [-0.2, 0) is 13.0 Å². The van der Waals surface area contributed by atoms with Crippen LogP contribution in [0.1, 0.15) is 11.1 Å². The van der Waals surface area contributed by atoms with Crippen molar-refractivity contribution in [2.75, 3.05) is 17.2 Å². The zero-order valence-corrected chi connectivity index (χ0v) is 11.3. The second kappa shape index (κ2) is 5.05. The van der Waals surface area contributed by atoms with Crippen LogP contribution in [0.25, 0.3) is 0 Å². The van der Waals surface area contributed by atoms with Gasteiger partial charge in [0, 0.05) is 24.7 Å². The molecule has 0 aromatic heterocycles. The highest BCUT2D eigenvalue weighted by atomic mass is 19.1. The monoisotopic (exact) mass is 287 g/mol. The predicted molar refractivity (Wildman–Crippen MR) is 78.7 cm³/mol. The van der Waals surface area contributed by atoms with Crippen LogP contribution in [0.4, 0.5) is 21.5 Å². The Kier molecular flexibility index (Phi) is 3.21. The van der Waals surface area contributed by atoms with E-state index >= 15 is 0 Å². The molecular formula is C15H14FN3O2. The Labute approximate surface area is 120 Å². The Bertz CT molecular complexity index is 718. The number of nitro groups is 1. The molecule has 5 nitrogen and oxygen atoms in total. The average molecular weight is 287 g/mol. The van der Waals surface area contributed by atoms with Gasteiger partial charge >= 0.3 is 5.69 Å². The third-order valence-corrected chi connectivity index (χ3v) is 3.73. The largest absolute Gasteiger partial charge is 0.397 e. The van der Waals surface area contributed by atoms with Crippen molar-refractivity contribution in [2.45, 2.75) is 13.0 Å². The highest BCUT2D eigenvalue weighted by molar-refractivity contribution is 5.74. The normalized spacial score (nSPS) is 13.3. The van der Waals surface area contributed by atoms with Gasteiger partial charge < -0.3 is 10.6 Å². The van der Waals surface area contributed by atoms with E-state index in [2.05, 4.69) is 0 Å². The first kappa shape index (κ1) is 13.4. The van der Waals surface area contributed by atoms with Crippen LogP contribution in [0.15, 0.2) is 36.4 Å². The molecule has 6 heteroatoms. The van der Waals surface area contributed by atoms with Crippen LogP contribution < -0.4 is 10.6 Å². The Balaban J connectivity index is 1.94. The quantitative estimate of drug-likeness (QED) is 0.535. The topological polar surface area (TPSA) is 72.4 Å². The van der Waals surface area contributed by atoms with Crippen molar-refractivity contribution < 1.29 is 9.31 Å². The molecule has 21 heavy (non-hydrogen) atoms. The summed E-state index contributed by atoms with van der Waals surface area (Å²) in [5.74, 6) is -0.773. The zero-order chi connectivity index (χ0) is 15.0. The van der Waals surface area contributed by atoms with E-state index in [-0.39, 0.29) is 6.54 Å². The maximum Gasteiger partial charge on any atom is 0.305 e. The summed E-state index contributed by atoms with van der Waals surface area (Å²) in [4.78, 5) is 12.1. The molecule has 1 heterocycles. The molecule has 0 saturated carbocycles. The number of anilines is 2. The summed E-state index contributed by atoms with van der Waals surface area (Å²) >= 11 is 0. The summed E-state index contributed by atoms with van der Waals surface area (Å²) in [6, 6.07) is 9.94. The van der Waals surface area contributed by atoms with Gasteiger partial charge in [0.15, 0.2) is 0 Å². The van der Waals surface area contributed by atoms with Crippen molar-refractivity contribution in [1.29, 1.82) is 0 Å². The van der Waals surface area contributed by atoms with Gasteiger partial charge in [-0.2, -0.15) is 4.39 Å². The Hall–Kier alpha value is -2.63. The lowest BCUT2D eigenvalue weighted by molar-refractivity contribution is -0.387. The Morgan fingerprint density at radius 2 is 2.05 bits per heavy atom. The molecule has 2 aromatic carbocycles. The molecule has 0 bridgehead atoms. The molecule has 0 atom stereocenters. The number of nitrogen functional groups attached to an aromatic ring is 1. The number of hydrogen-bond donors (Lipinski definition) is 1. The lowest BCUT2D eigenvalue weighted by Crippen LogP contribution is -2.21. The minimum absolute atomic E-state index is 0.273. The number of nitrogens with zero attached hydrogens (tertiary/aromatic N) is 2. The molecule has 0 aliphatic carbocycles. The molecule has 2 N–H and O–H groups in total. The molecule has 0 spiro atoms. The van der Waals surface area contributed by atoms with Crippen molar-refractivity contribution in [2.24, 2.45) is 0 Å². The highest BCUT2D eigenvalue weighted by Gasteiger charge is 2.24. The molecule has 3 rings (SSSR count). The summed E-state index contributed by atoms with van der Waals surface area (Å²) in [6.45, 7) is 1.00. The maximum absolute atomic E-state index is 14.2. The lowest BCUT2D eigenvalue weighted by Gasteiger charge is -2.21. The summed E-state index contributed by atoms with van der Waals surface area (Å²) in [5, 5.41) is 10.8.